The molecule has 5 heteroatoms. The zero-order valence-electron chi connectivity index (χ0n) is 5.15. The normalized spacial score (nSPS) is 24.0. The van der Waals surface area contributed by atoms with Crippen molar-refractivity contribution in [3.05, 3.63) is 0 Å². The van der Waals surface area contributed by atoms with Gasteiger partial charge in [0.25, 0.3) is 0 Å². The van der Waals surface area contributed by atoms with Gasteiger partial charge in [0.05, 0.1) is 19.1 Å². The first kappa shape index (κ1) is 8.88. The Morgan fingerprint density at radius 2 is 1.80 bits per heavy atom. The van der Waals surface area contributed by atoms with Crippen LogP contribution in [0.2, 0.25) is 0 Å². The average Bonchev–Trinajstić information content (AvgIpc) is 2.35. The Labute approximate surface area is 74.3 Å². The molecule has 1 fully saturated rings. The molecule has 0 spiro atoms. The van der Waals surface area contributed by atoms with E-state index in [4.69, 9.17) is 44.3 Å². The minimum Gasteiger partial charge on any atom is -0.344 e. The quantitative estimate of drug-likeness (QED) is 0.640. The number of hydrogen-bond acceptors (Lipinski definition) is 2. The Morgan fingerprint density at radius 1 is 1.30 bits per heavy atom. The van der Waals surface area contributed by atoms with Crippen molar-refractivity contribution >= 4 is 34.8 Å². The first-order chi connectivity index (χ1) is 4.71. The largest absolute Gasteiger partial charge is 0.344 e. The first-order valence-electron chi connectivity index (χ1n) is 2.83. The minimum atomic E-state index is -0.968. The summed E-state index contributed by atoms with van der Waals surface area (Å²) in [7, 11) is 0. The molecule has 1 aliphatic heterocycles. The third-order valence-corrected chi connectivity index (χ3v) is 2.33. The van der Waals surface area contributed by atoms with Crippen molar-refractivity contribution in [2.24, 2.45) is 0 Å². The number of halogens is 3. The summed E-state index contributed by atoms with van der Waals surface area (Å²) in [5.41, 5.74) is 0. The molecule has 0 aromatic heterocycles. The monoisotopic (exact) mass is 204 g/mol. The van der Waals surface area contributed by atoms with Gasteiger partial charge in [0.15, 0.2) is 4.84 Å². The Hall–Kier alpha value is 0.790. The standard InChI is InChI=1S/C5H7Cl3O2/c6-3-5(4(7)8)9-1-2-10-5/h4H,1-3H2. The summed E-state index contributed by atoms with van der Waals surface area (Å²) in [6.07, 6.45) is 0. The lowest BCUT2D eigenvalue weighted by atomic mass is 10.4. The van der Waals surface area contributed by atoms with E-state index in [1.807, 2.05) is 0 Å². The van der Waals surface area contributed by atoms with E-state index in [0.717, 1.165) is 0 Å². The van der Waals surface area contributed by atoms with Crippen LogP contribution in [0.3, 0.4) is 0 Å². The van der Waals surface area contributed by atoms with E-state index in [1.54, 1.807) is 0 Å². The van der Waals surface area contributed by atoms with Gasteiger partial charge in [0, 0.05) is 0 Å². The van der Waals surface area contributed by atoms with Gasteiger partial charge in [-0.05, 0) is 0 Å². The molecule has 0 aliphatic carbocycles. The highest BCUT2D eigenvalue weighted by Gasteiger charge is 2.42. The van der Waals surface area contributed by atoms with Crippen molar-refractivity contribution in [1.29, 1.82) is 0 Å². The molecular formula is C5H7Cl3O2. The van der Waals surface area contributed by atoms with Crippen LogP contribution >= 0.6 is 34.8 Å². The summed E-state index contributed by atoms with van der Waals surface area (Å²) in [6.45, 7) is 1.01. The lowest BCUT2D eigenvalue weighted by molar-refractivity contribution is -0.127. The van der Waals surface area contributed by atoms with E-state index in [1.165, 1.54) is 0 Å². The molecule has 10 heavy (non-hydrogen) atoms. The van der Waals surface area contributed by atoms with Gasteiger partial charge in [-0.1, -0.05) is 23.2 Å². The molecule has 0 atom stereocenters. The highest BCUT2D eigenvalue weighted by Crippen LogP contribution is 2.30. The van der Waals surface area contributed by atoms with E-state index in [-0.39, 0.29) is 5.88 Å². The minimum absolute atomic E-state index is 0.157. The number of hydrogen-bond donors (Lipinski definition) is 0. The van der Waals surface area contributed by atoms with E-state index >= 15 is 0 Å². The molecule has 1 rings (SSSR count). The van der Waals surface area contributed by atoms with Gasteiger partial charge in [0.2, 0.25) is 5.79 Å². The summed E-state index contributed by atoms with van der Waals surface area (Å²) in [4.78, 5) is -0.729. The van der Waals surface area contributed by atoms with Gasteiger partial charge in [-0.2, -0.15) is 0 Å². The van der Waals surface area contributed by atoms with Crippen LogP contribution in [0.1, 0.15) is 0 Å². The van der Waals surface area contributed by atoms with Crippen LogP contribution in [0.25, 0.3) is 0 Å². The van der Waals surface area contributed by atoms with Crippen LogP contribution in [-0.2, 0) is 9.47 Å². The summed E-state index contributed by atoms with van der Waals surface area (Å²) >= 11 is 16.7. The second-order valence-corrected chi connectivity index (χ2v) is 3.31. The van der Waals surface area contributed by atoms with Crippen LogP contribution in [0, 0.1) is 0 Å². The van der Waals surface area contributed by atoms with E-state index in [9.17, 15) is 0 Å². The predicted molar refractivity (Wildman–Crippen MR) is 40.8 cm³/mol. The van der Waals surface area contributed by atoms with Crippen molar-refractivity contribution in [2.75, 3.05) is 19.1 Å². The highest BCUT2D eigenvalue weighted by molar-refractivity contribution is 6.45. The Kier molecular flexibility index (Phi) is 3.07. The SMILES string of the molecule is ClCC1(C(Cl)Cl)OCCO1. The maximum Gasteiger partial charge on any atom is 0.212 e. The van der Waals surface area contributed by atoms with Crippen LogP contribution in [0.4, 0.5) is 0 Å². The second kappa shape index (κ2) is 3.46. The third kappa shape index (κ3) is 1.51. The molecule has 0 amide bonds. The van der Waals surface area contributed by atoms with Crippen molar-refractivity contribution in [3.63, 3.8) is 0 Å². The molecule has 0 aromatic carbocycles. The van der Waals surface area contributed by atoms with Crippen LogP contribution in [-0.4, -0.2) is 29.7 Å². The lowest BCUT2D eigenvalue weighted by Crippen LogP contribution is -2.39. The molecule has 60 valence electrons. The molecule has 0 N–H and O–H groups in total. The molecule has 2 nitrogen and oxygen atoms in total. The molecule has 1 heterocycles. The molecule has 0 radical (unpaired) electrons. The van der Waals surface area contributed by atoms with E-state index < -0.39 is 10.6 Å². The van der Waals surface area contributed by atoms with Gasteiger partial charge in [0.1, 0.15) is 0 Å². The molecule has 0 unspecified atom stereocenters. The molecule has 1 saturated heterocycles. The fourth-order valence-electron chi connectivity index (χ4n) is 0.732. The Bertz CT molecular complexity index is 111. The first-order valence-corrected chi connectivity index (χ1v) is 4.24. The van der Waals surface area contributed by atoms with Crippen LogP contribution < -0.4 is 0 Å². The van der Waals surface area contributed by atoms with Crippen molar-refractivity contribution in [1.82, 2.24) is 0 Å². The van der Waals surface area contributed by atoms with Crippen LogP contribution in [0.15, 0.2) is 0 Å². The van der Waals surface area contributed by atoms with Crippen molar-refractivity contribution in [3.8, 4) is 0 Å². The molecular weight excluding hydrogens is 198 g/mol. The molecule has 0 bridgehead atoms. The highest BCUT2D eigenvalue weighted by atomic mass is 35.5. The zero-order valence-corrected chi connectivity index (χ0v) is 7.42. The fourth-order valence-corrected chi connectivity index (χ4v) is 1.60. The maximum atomic E-state index is 5.57. The molecule has 0 saturated carbocycles. The summed E-state index contributed by atoms with van der Waals surface area (Å²) < 4.78 is 10.3. The number of alkyl halides is 3. The van der Waals surface area contributed by atoms with E-state index in [2.05, 4.69) is 0 Å². The lowest BCUT2D eigenvalue weighted by Gasteiger charge is -2.25. The maximum absolute atomic E-state index is 5.57. The molecule has 0 aromatic rings. The fraction of sp³-hybridized carbons (Fsp3) is 1.00. The summed E-state index contributed by atoms with van der Waals surface area (Å²) in [5.74, 6) is -0.810. The van der Waals surface area contributed by atoms with Gasteiger partial charge < -0.3 is 9.47 Å². The Morgan fingerprint density at radius 3 is 2.00 bits per heavy atom. The second-order valence-electron chi connectivity index (χ2n) is 1.94. The summed E-state index contributed by atoms with van der Waals surface area (Å²) in [5, 5.41) is 0. The van der Waals surface area contributed by atoms with Gasteiger partial charge >= 0.3 is 0 Å². The third-order valence-electron chi connectivity index (χ3n) is 1.29. The smallest absolute Gasteiger partial charge is 0.212 e. The molecule has 1 aliphatic rings. The van der Waals surface area contributed by atoms with Crippen LogP contribution in [0.5, 0.6) is 0 Å². The van der Waals surface area contributed by atoms with E-state index in [0.29, 0.717) is 13.2 Å². The summed E-state index contributed by atoms with van der Waals surface area (Å²) in [6, 6.07) is 0. The topological polar surface area (TPSA) is 18.5 Å². The van der Waals surface area contributed by atoms with Gasteiger partial charge in [-0.3, -0.25) is 0 Å². The van der Waals surface area contributed by atoms with Crippen molar-refractivity contribution in [2.45, 2.75) is 10.6 Å². The van der Waals surface area contributed by atoms with Gasteiger partial charge in [-0.15, -0.1) is 11.6 Å². The number of ether oxygens (including phenoxy) is 2. The average molecular weight is 205 g/mol. The van der Waals surface area contributed by atoms with Crippen molar-refractivity contribution < 1.29 is 9.47 Å². The predicted octanol–water partition coefficient (Wildman–Crippen LogP) is 1.77. The zero-order chi connectivity index (χ0) is 7.61. The van der Waals surface area contributed by atoms with Gasteiger partial charge in [-0.25, -0.2) is 0 Å². The Balaban J connectivity index is 2.58. The number of rotatable bonds is 2.